The van der Waals surface area contributed by atoms with E-state index in [4.69, 9.17) is 0 Å². The molecule has 1 fully saturated rings. The number of rotatable bonds is 7. The van der Waals surface area contributed by atoms with Crippen molar-refractivity contribution in [2.24, 2.45) is 0 Å². The van der Waals surface area contributed by atoms with Crippen molar-refractivity contribution in [2.45, 2.75) is 44.1 Å². The molecule has 23 heavy (non-hydrogen) atoms. The maximum Gasteiger partial charge on any atom is 0.240 e. The van der Waals surface area contributed by atoms with E-state index in [1.807, 2.05) is 30.3 Å². The minimum Gasteiger partial charge on any atom is -0.395 e. The standard InChI is InChI=1S/C17H26N2O4/c1-2-18-17(23)14-16(22)15(21)13(11-20)19(14)10-6-9-12-7-4-3-5-8-12/h3-5,7-8,13-16,20-22H,2,6,9-11H2,1H3,(H,18,23)/t13-,14+,15-,16-/m1/s1. The number of likely N-dealkylation sites (N-methyl/N-ethyl adjacent to an activating group) is 1. The van der Waals surface area contributed by atoms with Crippen LogP contribution in [0.4, 0.5) is 0 Å². The van der Waals surface area contributed by atoms with Gasteiger partial charge in [-0.3, -0.25) is 9.69 Å². The van der Waals surface area contributed by atoms with Crippen LogP contribution in [-0.4, -0.2) is 70.1 Å². The molecule has 1 aliphatic rings. The number of carbonyl (C=O) groups is 1. The molecule has 0 saturated carbocycles. The molecule has 0 bridgehead atoms. The first-order valence-electron chi connectivity index (χ1n) is 8.14. The lowest BCUT2D eigenvalue weighted by Crippen LogP contribution is -2.50. The van der Waals surface area contributed by atoms with Crippen molar-refractivity contribution < 1.29 is 20.1 Å². The second-order valence-electron chi connectivity index (χ2n) is 5.90. The Balaban J connectivity index is 2.03. The van der Waals surface area contributed by atoms with Crippen molar-refractivity contribution in [1.29, 1.82) is 0 Å². The fraction of sp³-hybridized carbons (Fsp3) is 0.588. The highest BCUT2D eigenvalue weighted by molar-refractivity contribution is 5.83. The van der Waals surface area contributed by atoms with Crippen molar-refractivity contribution in [1.82, 2.24) is 10.2 Å². The Morgan fingerprint density at radius 1 is 1.22 bits per heavy atom. The molecule has 4 atom stereocenters. The number of hydrogen-bond donors (Lipinski definition) is 4. The third kappa shape index (κ3) is 4.09. The lowest BCUT2D eigenvalue weighted by molar-refractivity contribution is -0.128. The van der Waals surface area contributed by atoms with Gasteiger partial charge in [-0.15, -0.1) is 0 Å². The van der Waals surface area contributed by atoms with Crippen LogP contribution < -0.4 is 5.32 Å². The number of carbonyl (C=O) groups excluding carboxylic acids is 1. The molecular formula is C17H26N2O4. The molecule has 0 aromatic heterocycles. The van der Waals surface area contributed by atoms with Crippen LogP contribution in [0.15, 0.2) is 30.3 Å². The Kier molecular flexibility index (Phi) is 6.53. The Labute approximate surface area is 136 Å². The predicted octanol–water partition coefficient (Wildman–Crippen LogP) is -0.478. The van der Waals surface area contributed by atoms with Crippen LogP contribution in [0.2, 0.25) is 0 Å². The van der Waals surface area contributed by atoms with E-state index >= 15 is 0 Å². The topological polar surface area (TPSA) is 93.0 Å². The molecule has 4 N–H and O–H groups in total. The molecule has 0 spiro atoms. The summed E-state index contributed by atoms with van der Waals surface area (Å²) in [6.45, 7) is 2.49. The summed E-state index contributed by atoms with van der Waals surface area (Å²) < 4.78 is 0. The van der Waals surface area contributed by atoms with Gasteiger partial charge >= 0.3 is 0 Å². The third-order valence-corrected chi connectivity index (χ3v) is 4.38. The van der Waals surface area contributed by atoms with E-state index in [0.717, 1.165) is 12.8 Å². The van der Waals surface area contributed by atoms with Crippen LogP contribution in [0.25, 0.3) is 0 Å². The monoisotopic (exact) mass is 322 g/mol. The SMILES string of the molecule is CCNC(=O)[C@@H]1[C@@H](O)[C@H](O)[C@@H](CO)N1CCCc1ccccc1. The number of amides is 1. The van der Waals surface area contributed by atoms with Gasteiger partial charge in [0.25, 0.3) is 0 Å². The summed E-state index contributed by atoms with van der Waals surface area (Å²) in [5.74, 6) is -0.310. The van der Waals surface area contributed by atoms with Crippen molar-refractivity contribution in [3.63, 3.8) is 0 Å². The van der Waals surface area contributed by atoms with Crippen molar-refractivity contribution >= 4 is 5.91 Å². The highest BCUT2D eigenvalue weighted by Gasteiger charge is 2.50. The third-order valence-electron chi connectivity index (χ3n) is 4.38. The molecule has 2 rings (SSSR count). The smallest absolute Gasteiger partial charge is 0.240 e. The highest BCUT2D eigenvalue weighted by atomic mass is 16.3. The average Bonchev–Trinajstić information content (AvgIpc) is 2.79. The lowest BCUT2D eigenvalue weighted by atomic mass is 10.1. The summed E-state index contributed by atoms with van der Waals surface area (Å²) in [4.78, 5) is 13.9. The van der Waals surface area contributed by atoms with Gasteiger partial charge in [-0.05, 0) is 31.9 Å². The second kappa shape index (κ2) is 8.40. The van der Waals surface area contributed by atoms with E-state index in [9.17, 15) is 20.1 Å². The quantitative estimate of drug-likeness (QED) is 0.544. The van der Waals surface area contributed by atoms with Gasteiger partial charge in [0.1, 0.15) is 12.1 Å². The molecule has 1 amide bonds. The van der Waals surface area contributed by atoms with E-state index < -0.39 is 24.3 Å². The molecule has 0 radical (unpaired) electrons. The van der Waals surface area contributed by atoms with Crippen molar-refractivity contribution in [2.75, 3.05) is 19.7 Å². The van der Waals surface area contributed by atoms with Crippen LogP contribution in [0, 0.1) is 0 Å². The molecule has 0 aliphatic carbocycles. The van der Waals surface area contributed by atoms with Gasteiger partial charge in [0.05, 0.1) is 18.8 Å². The molecule has 6 nitrogen and oxygen atoms in total. The van der Waals surface area contributed by atoms with Gasteiger partial charge in [0.15, 0.2) is 0 Å². The van der Waals surface area contributed by atoms with E-state index in [1.54, 1.807) is 11.8 Å². The molecule has 1 heterocycles. The fourth-order valence-corrected chi connectivity index (χ4v) is 3.23. The van der Waals surface area contributed by atoms with Crippen LogP contribution in [0.3, 0.4) is 0 Å². The van der Waals surface area contributed by atoms with Gasteiger partial charge in [-0.2, -0.15) is 0 Å². The summed E-state index contributed by atoms with van der Waals surface area (Å²) in [6.07, 6.45) is -0.695. The molecule has 128 valence electrons. The van der Waals surface area contributed by atoms with Crippen LogP contribution in [-0.2, 0) is 11.2 Å². The number of benzene rings is 1. The van der Waals surface area contributed by atoms with Gasteiger partial charge in [0.2, 0.25) is 5.91 Å². The first-order chi connectivity index (χ1) is 11.1. The Hall–Kier alpha value is -1.47. The van der Waals surface area contributed by atoms with Crippen LogP contribution in [0.1, 0.15) is 18.9 Å². The maximum absolute atomic E-state index is 12.2. The number of aryl methyl sites for hydroxylation is 1. The summed E-state index contributed by atoms with van der Waals surface area (Å²) in [7, 11) is 0. The van der Waals surface area contributed by atoms with Gasteiger partial charge in [-0.1, -0.05) is 30.3 Å². The van der Waals surface area contributed by atoms with Crippen molar-refractivity contribution in [3.05, 3.63) is 35.9 Å². The molecule has 1 aromatic rings. The van der Waals surface area contributed by atoms with Gasteiger partial charge in [-0.25, -0.2) is 0 Å². The molecule has 1 aromatic carbocycles. The van der Waals surface area contributed by atoms with Crippen LogP contribution in [0.5, 0.6) is 0 Å². The molecule has 1 aliphatic heterocycles. The average molecular weight is 322 g/mol. The number of aliphatic hydroxyl groups excluding tert-OH is 3. The fourth-order valence-electron chi connectivity index (χ4n) is 3.23. The first kappa shape index (κ1) is 17.9. The zero-order valence-corrected chi connectivity index (χ0v) is 13.4. The zero-order chi connectivity index (χ0) is 16.8. The summed E-state index contributed by atoms with van der Waals surface area (Å²) in [5.41, 5.74) is 1.20. The minimum atomic E-state index is -1.18. The maximum atomic E-state index is 12.2. The van der Waals surface area contributed by atoms with E-state index in [2.05, 4.69) is 5.32 Å². The van der Waals surface area contributed by atoms with E-state index in [0.29, 0.717) is 13.1 Å². The van der Waals surface area contributed by atoms with Gasteiger partial charge in [0, 0.05) is 6.54 Å². The Morgan fingerprint density at radius 3 is 2.52 bits per heavy atom. The largest absolute Gasteiger partial charge is 0.395 e. The summed E-state index contributed by atoms with van der Waals surface area (Å²) in [5, 5.41) is 32.5. The molecule has 1 saturated heterocycles. The normalized spacial score (nSPS) is 28.0. The number of nitrogens with one attached hydrogen (secondary N) is 1. The molecular weight excluding hydrogens is 296 g/mol. The number of aliphatic hydroxyl groups is 3. The Morgan fingerprint density at radius 2 is 1.91 bits per heavy atom. The molecule has 0 unspecified atom stereocenters. The Bertz CT molecular complexity index is 497. The first-order valence-corrected chi connectivity index (χ1v) is 8.14. The second-order valence-corrected chi connectivity index (χ2v) is 5.90. The van der Waals surface area contributed by atoms with Crippen LogP contribution >= 0.6 is 0 Å². The number of hydrogen-bond acceptors (Lipinski definition) is 5. The number of likely N-dealkylation sites (tertiary alicyclic amines) is 1. The summed E-state index contributed by atoms with van der Waals surface area (Å²) >= 11 is 0. The predicted molar refractivity (Wildman–Crippen MR) is 86.8 cm³/mol. The van der Waals surface area contributed by atoms with E-state index in [1.165, 1.54) is 5.56 Å². The van der Waals surface area contributed by atoms with Gasteiger partial charge < -0.3 is 20.6 Å². The minimum absolute atomic E-state index is 0.292. The lowest BCUT2D eigenvalue weighted by Gasteiger charge is -2.28. The number of nitrogens with zero attached hydrogens (tertiary/aromatic N) is 1. The van der Waals surface area contributed by atoms with E-state index in [-0.39, 0.29) is 12.5 Å². The highest BCUT2D eigenvalue weighted by Crippen LogP contribution is 2.26. The molecule has 6 heteroatoms. The van der Waals surface area contributed by atoms with Crippen molar-refractivity contribution in [3.8, 4) is 0 Å². The summed E-state index contributed by atoms with van der Waals surface area (Å²) in [6, 6.07) is 8.56. The zero-order valence-electron chi connectivity index (χ0n) is 13.4.